The lowest BCUT2D eigenvalue weighted by atomic mass is 10.2. The Balaban J connectivity index is 1.48. The van der Waals surface area contributed by atoms with Crippen molar-refractivity contribution in [1.29, 1.82) is 0 Å². The number of aryl methyl sites for hydroxylation is 2. The number of hydrogen-bond acceptors (Lipinski definition) is 5. The second-order valence-electron chi connectivity index (χ2n) is 6.07. The molecule has 0 radical (unpaired) electrons. The van der Waals surface area contributed by atoms with Crippen LogP contribution in [-0.2, 0) is 11.4 Å². The zero-order valence-corrected chi connectivity index (χ0v) is 16.1. The molecule has 27 heavy (non-hydrogen) atoms. The maximum absolute atomic E-state index is 12.1. The lowest BCUT2D eigenvalue weighted by molar-refractivity contribution is -0.113. The molecule has 3 aromatic rings. The maximum atomic E-state index is 12.1. The monoisotopic (exact) mass is 379 g/mol. The van der Waals surface area contributed by atoms with Crippen molar-refractivity contribution < 1.29 is 9.53 Å². The lowest BCUT2D eigenvalue weighted by Crippen LogP contribution is -2.14. The number of aromatic nitrogens is 2. The molecule has 0 saturated heterocycles. The van der Waals surface area contributed by atoms with Crippen LogP contribution in [0.3, 0.4) is 0 Å². The lowest BCUT2D eigenvalue weighted by Gasteiger charge is -2.08. The highest BCUT2D eigenvalue weighted by atomic mass is 32.2. The summed E-state index contributed by atoms with van der Waals surface area (Å²) >= 11 is 1.33. The van der Waals surface area contributed by atoms with E-state index in [1.54, 1.807) is 0 Å². The Hall–Kier alpha value is -2.86. The third kappa shape index (κ3) is 6.11. The van der Waals surface area contributed by atoms with Crippen LogP contribution in [0, 0.1) is 13.8 Å². The van der Waals surface area contributed by atoms with Crippen molar-refractivity contribution in [2.45, 2.75) is 25.6 Å². The number of anilines is 1. The van der Waals surface area contributed by atoms with Crippen molar-refractivity contribution >= 4 is 23.4 Å². The van der Waals surface area contributed by atoms with E-state index in [4.69, 9.17) is 4.74 Å². The van der Waals surface area contributed by atoms with E-state index in [0.29, 0.717) is 11.8 Å². The fourth-order valence-corrected chi connectivity index (χ4v) is 3.21. The first-order valence-electron chi connectivity index (χ1n) is 8.60. The van der Waals surface area contributed by atoms with Gasteiger partial charge in [-0.1, -0.05) is 42.1 Å². The van der Waals surface area contributed by atoms with Gasteiger partial charge in [-0.15, -0.1) is 0 Å². The fraction of sp³-hybridized carbons (Fsp3) is 0.190. The van der Waals surface area contributed by atoms with E-state index in [0.717, 1.165) is 28.4 Å². The summed E-state index contributed by atoms with van der Waals surface area (Å²) < 4.78 is 5.75. The summed E-state index contributed by atoms with van der Waals surface area (Å²) in [5.41, 5.74) is 3.64. The summed E-state index contributed by atoms with van der Waals surface area (Å²) in [6.45, 7) is 4.35. The molecule has 0 saturated carbocycles. The molecule has 0 atom stereocenters. The Bertz CT molecular complexity index is 879. The molecule has 0 aliphatic heterocycles. The Morgan fingerprint density at radius 3 is 2.33 bits per heavy atom. The van der Waals surface area contributed by atoms with Gasteiger partial charge in [-0.05, 0) is 49.7 Å². The van der Waals surface area contributed by atoms with Crippen LogP contribution in [-0.4, -0.2) is 21.6 Å². The van der Waals surface area contributed by atoms with E-state index >= 15 is 0 Å². The van der Waals surface area contributed by atoms with Crippen LogP contribution in [0.1, 0.15) is 17.0 Å². The molecule has 1 aromatic heterocycles. The summed E-state index contributed by atoms with van der Waals surface area (Å²) in [7, 11) is 0. The van der Waals surface area contributed by atoms with E-state index in [2.05, 4.69) is 15.3 Å². The van der Waals surface area contributed by atoms with Crippen molar-refractivity contribution in [3.05, 3.63) is 77.6 Å². The number of amides is 1. The van der Waals surface area contributed by atoms with Gasteiger partial charge >= 0.3 is 0 Å². The van der Waals surface area contributed by atoms with Gasteiger partial charge in [0.05, 0.1) is 5.75 Å². The molecular formula is C21H21N3O2S. The number of carbonyl (C=O) groups is 1. The van der Waals surface area contributed by atoms with Crippen molar-refractivity contribution in [2.24, 2.45) is 0 Å². The smallest absolute Gasteiger partial charge is 0.234 e. The molecule has 0 fully saturated rings. The van der Waals surface area contributed by atoms with E-state index in [1.807, 2.05) is 74.5 Å². The zero-order chi connectivity index (χ0) is 19.1. The molecule has 6 heteroatoms. The van der Waals surface area contributed by atoms with Gasteiger partial charge < -0.3 is 10.1 Å². The minimum Gasteiger partial charge on any atom is -0.489 e. The normalized spacial score (nSPS) is 10.4. The molecule has 0 bridgehead atoms. The number of rotatable bonds is 7. The summed E-state index contributed by atoms with van der Waals surface area (Å²) in [4.78, 5) is 20.8. The molecule has 5 nitrogen and oxygen atoms in total. The minimum atomic E-state index is -0.0966. The Kier molecular flexibility index (Phi) is 6.44. The first kappa shape index (κ1) is 18.9. The zero-order valence-electron chi connectivity index (χ0n) is 15.3. The molecular weight excluding hydrogens is 358 g/mol. The van der Waals surface area contributed by atoms with Gasteiger partial charge in [-0.3, -0.25) is 4.79 Å². The summed E-state index contributed by atoms with van der Waals surface area (Å²) in [5.74, 6) is 0.922. The molecule has 0 unspecified atom stereocenters. The number of nitrogens with one attached hydrogen (secondary N) is 1. The molecule has 3 rings (SSSR count). The minimum absolute atomic E-state index is 0.0966. The molecule has 0 spiro atoms. The molecule has 1 N–H and O–H groups in total. The first-order valence-corrected chi connectivity index (χ1v) is 9.59. The number of benzene rings is 2. The SMILES string of the molecule is Cc1cc(C)nc(SCC(=O)Nc2ccc(OCc3ccccc3)cc2)n1. The van der Waals surface area contributed by atoms with Crippen LogP contribution in [0.25, 0.3) is 0 Å². The first-order chi connectivity index (χ1) is 13.1. The molecule has 1 heterocycles. The topological polar surface area (TPSA) is 64.1 Å². The molecule has 2 aromatic carbocycles. The molecule has 138 valence electrons. The predicted octanol–water partition coefficient (Wildman–Crippen LogP) is 4.40. The fourth-order valence-electron chi connectivity index (χ4n) is 2.46. The highest BCUT2D eigenvalue weighted by molar-refractivity contribution is 7.99. The van der Waals surface area contributed by atoms with Crippen LogP contribution < -0.4 is 10.1 Å². The maximum Gasteiger partial charge on any atom is 0.234 e. The van der Waals surface area contributed by atoms with Crippen LogP contribution >= 0.6 is 11.8 Å². The largest absolute Gasteiger partial charge is 0.489 e. The van der Waals surface area contributed by atoms with Crippen LogP contribution in [0.2, 0.25) is 0 Å². The summed E-state index contributed by atoms with van der Waals surface area (Å²) in [5, 5.41) is 3.49. The number of nitrogens with zero attached hydrogens (tertiary/aromatic N) is 2. The van der Waals surface area contributed by atoms with Gasteiger partial charge in [0.1, 0.15) is 12.4 Å². The van der Waals surface area contributed by atoms with Crippen LogP contribution in [0.5, 0.6) is 5.75 Å². The standard InChI is InChI=1S/C21H21N3O2S/c1-15-12-16(2)23-21(22-15)27-14-20(25)24-18-8-10-19(11-9-18)26-13-17-6-4-3-5-7-17/h3-12H,13-14H2,1-2H3,(H,24,25). The van der Waals surface area contributed by atoms with Gasteiger partial charge in [-0.25, -0.2) is 9.97 Å². The number of carbonyl (C=O) groups excluding carboxylic acids is 1. The molecule has 0 aliphatic rings. The van der Waals surface area contributed by atoms with Gasteiger partial charge in [0, 0.05) is 17.1 Å². The third-order valence-corrected chi connectivity index (χ3v) is 4.53. The van der Waals surface area contributed by atoms with Gasteiger partial charge in [-0.2, -0.15) is 0 Å². The van der Waals surface area contributed by atoms with E-state index in [9.17, 15) is 4.79 Å². The van der Waals surface area contributed by atoms with Crippen molar-refractivity contribution in [3.8, 4) is 5.75 Å². The predicted molar refractivity (Wildman–Crippen MR) is 108 cm³/mol. The van der Waals surface area contributed by atoms with Crippen molar-refractivity contribution in [3.63, 3.8) is 0 Å². The molecule has 0 aliphatic carbocycles. The van der Waals surface area contributed by atoms with Crippen LogP contribution in [0.15, 0.2) is 65.8 Å². The average molecular weight is 379 g/mol. The van der Waals surface area contributed by atoms with Crippen LogP contribution in [0.4, 0.5) is 5.69 Å². The average Bonchev–Trinajstić information content (AvgIpc) is 2.66. The van der Waals surface area contributed by atoms with Crippen molar-refractivity contribution in [1.82, 2.24) is 9.97 Å². The number of hydrogen-bond donors (Lipinski definition) is 1. The summed E-state index contributed by atoms with van der Waals surface area (Å²) in [6.07, 6.45) is 0. The third-order valence-electron chi connectivity index (χ3n) is 3.68. The quantitative estimate of drug-likeness (QED) is 0.487. The second kappa shape index (κ2) is 9.19. The van der Waals surface area contributed by atoms with E-state index in [-0.39, 0.29) is 11.7 Å². The van der Waals surface area contributed by atoms with E-state index in [1.165, 1.54) is 11.8 Å². The van der Waals surface area contributed by atoms with E-state index < -0.39 is 0 Å². The number of thioether (sulfide) groups is 1. The number of ether oxygens (including phenoxy) is 1. The highest BCUT2D eigenvalue weighted by Gasteiger charge is 2.07. The van der Waals surface area contributed by atoms with Gasteiger partial charge in [0.15, 0.2) is 5.16 Å². The Labute approximate surface area is 163 Å². The Morgan fingerprint density at radius 2 is 1.67 bits per heavy atom. The summed E-state index contributed by atoms with van der Waals surface area (Å²) in [6, 6.07) is 19.2. The highest BCUT2D eigenvalue weighted by Crippen LogP contribution is 2.18. The second-order valence-corrected chi connectivity index (χ2v) is 7.01. The van der Waals surface area contributed by atoms with Gasteiger partial charge in [0.2, 0.25) is 5.91 Å². The Morgan fingerprint density at radius 1 is 1.00 bits per heavy atom. The van der Waals surface area contributed by atoms with Crippen molar-refractivity contribution in [2.75, 3.05) is 11.1 Å². The van der Waals surface area contributed by atoms with Gasteiger partial charge in [0.25, 0.3) is 0 Å². The molecule has 1 amide bonds.